The molecule has 2 N–H and O–H groups in total. The number of aliphatic hydroxyl groups is 1. The molecule has 0 amide bonds. The smallest absolute Gasteiger partial charge is 0.335 e. The number of carboxylic acid groups (broad SMARTS) is 1. The molecule has 0 heterocycles. The van der Waals surface area contributed by atoms with Crippen LogP contribution in [0.15, 0.2) is 48.5 Å². The van der Waals surface area contributed by atoms with E-state index in [1.165, 1.54) is 5.56 Å². The lowest BCUT2D eigenvalue weighted by Crippen LogP contribution is -2.28. The van der Waals surface area contributed by atoms with Crippen molar-refractivity contribution in [2.45, 2.75) is 26.5 Å². The van der Waals surface area contributed by atoms with Gasteiger partial charge in [-0.15, -0.1) is 0 Å². The first-order valence-corrected chi connectivity index (χ1v) is 7.78. The zero-order valence-corrected chi connectivity index (χ0v) is 13.6. The maximum absolute atomic E-state index is 10.9. The Bertz CT molecular complexity index is 635. The van der Waals surface area contributed by atoms with E-state index in [2.05, 4.69) is 4.90 Å². The van der Waals surface area contributed by atoms with Crippen LogP contribution in [-0.2, 0) is 6.54 Å². The Balaban J connectivity index is 1.99. The van der Waals surface area contributed by atoms with Gasteiger partial charge in [-0.3, -0.25) is 4.90 Å². The zero-order chi connectivity index (χ0) is 16.8. The highest BCUT2D eigenvalue weighted by atomic mass is 16.4. The van der Waals surface area contributed by atoms with E-state index in [4.69, 9.17) is 5.11 Å². The van der Waals surface area contributed by atoms with Crippen molar-refractivity contribution in [3.05, 3.63) is 70.8 Å². The van der Waals surface area contributed by atoms with Gasteiger partial charge in [0.15, 0.2) is 0 Å². The number of hydrogen-bond donors (Lipinski definition) is 2. The first-order chi connectivity index (χ1) is 11.0. The summed E-state index contributed by atoms with van der Waals surface area (Å²) in [5, 5.41) is 19.3. The summed E-state index contributed by atoms with van der Waals surface area (Å²) in [4.78, 5) is 13.0. The largest absolute Gasteiger partial charge is 0.478 e. The summed E-state index contributed by atoms with van der Waals surface area (Å²) >= 11 is 0. The fourth-order valence-electron chi connectivity index (χ4n) is 2.45. The van der Waals surface area contributed by atoms with Crippen LogP contribution in [0.5, 0.6) is 0 Å². The Morgan fingerprint density at radius 3 is 2.22 bits per heavy atom. The van der Waals surface area contributed by atoms with Crippen LogP contribution in [0.25, 0.3) is 0 Å². The molecule has 23 heavy (non-hydrogen) atoms. The lowest BCUT2D eigenvalue weighted by atomic mass is 10.1. The molecule has 1 unspecified atom stereocenters. The van der Waals surface area contributed by atoms with Gasteiger partial charge in [-0.25, -0.2) is 4.79 Å². The Morgan fingerprint density at radius 2 is 1.70 bits per heavy atom. The topological polar surface area (TPSA) is 60.8 Å². The average molecular weight is 313 g/mol. The number of nitrogens with zero attached hydrogens (tertiary/aromatic N) is 1. The number of aromatic carboxylic acids is 1. The fourth-order valence-corrected chi connectivity index (χ4v) is 2.45. The van der Waals surface area contributed by atoms with Crippen LogP contribution >= 0.6 is 0 Å². The molecule has 2 aromatic carbocycles. The second-order valence-corrected chi connectivity index (χ2v) is 5.76. The van der Waals surface area contributed by atoms with Gasteiger partial charge in [-0.2, -0.15) is 0 Å². The van der Waals surface area contributed by atoms with Crippen molar-refractivity contribution in [2.75, 3.05) is 13.1 Å². The van der Waals surface area contributed by atoms with E-state index >= 15 is 0 Å². The lowest BCUT2D eigenvalue weighted by molar-refractivity contribution is 0.0697. The molecule has 1 atom stereocenters. The monoisotopic (exact) mass is 313 g/mol. The van der Waals surface area contributed by atoms with Crippen LogP contribution in [0, 0.1) is 6.92 Å². The first kappa shape index (κ1) is 17.2. The van der Waals surface area contributed by atoms with Crippen molar-refractivity contribution < 1.29 is 15.0 Å². The fraction of sp³-hybridized carbons (Fsp3) is 0.316. The second-order valence-electron chi connectivity index (χ2n) is 5.76. The van der Waals surface area contributed by atoms with Gasteiger partial charge in [0.05, 0.1) is 11.7 Å². The molecule has 0 aliphatic heterocycles. The second kappa shape index (κ2) is 7.90. The maximum atomic E-state index is 10.9. The minimum absolute atomic E-state index is 0.288. The number of likely N-dealkylation sites (N-methyl/N-ethyl adjacent to an activating group) is 1. The highest BCUT2D eigenvalue weighted by molar-refractivity contribution is 5.87. The molecule has 0 bridgehead atoms. The van der Waals surface area contributed by atoms with Crippen molar-refractivity contribution in [3.63, 3.8) is 0 Å². The van der Waals surface area contributed by atoms with Gasteiger partial charge in [0.1, 0.15) is 0 Å². The number of benzene rings is 2. The number of carbonyl (C=O) groups is 1. The average Bonchev–Trinajstić information content (AvgIpc) is 2.55. The molecule has 2 aromatic rings. The van der Waals surface area contributed by atoms with Crippen molar-refractivity contribution in [1.29, 1.82) is 0 Å². The third-order valence-electron chi connectivity index (χ3n) is 3.95. The van der Waals surface area contributed by atoms with Crippen LogP contribution < -0.4 is 0 Å². The first-order valence-electron chi connectivity index (χ1n) is 7.78. The molecule has 0 fully saturated rings. The summed E-state index contributed by atoms with van der Waals surface area (Å²) < 4.78 is 0. The third-order valence-corrected chi connectivity index (χ3v) is 3.95. The normalized spacial score (nSPS) is 12.3. The van der Waals surface area contributed by atoms with Gasteiger partial charge in [0, 0.05) is 13.1 Å². The number of rotatable bonds is 7. The van der Waals surface area contributed by atoms with Crippen LogP contribution in [0.3, 0.4) is 0 Å². The molecule has 0 aromatic heterocycles. The Morgan fingerprint density at radius 1 is 1.09 bits per heavy atom. The minimum atomic E-state index is -0.918. The molecular formula is C19H23NO3. The van der Waals surface area contributed by atoms with E-state index in [0.717, 1.165) is 17.7 Å². The van der Waals surface area contributed by atoms with Crippen molar-refractivity contribution in [1.82, 2.24) is 4.90 Å². The molecule has 2 rings (SSSR count). The summed E-state index contributed by atoms with van der Waals surface area (Å²) in [6, 6.07) is 14.8. The van der Waals surface area contributed by atoms with Crippen LogP contribution in [0.2, 0.25) is 0 Å². The highest BCUT2D eigenvalue weighted by Gasteiger charge is 2.13. The summed E-state index contributed by atoms with van der Waals surface area (Å²) in [6.07, 6.45) is -0.533. The predicted molar refractivity (Wildman–Crippen MR) is 90.5 cm³/mol. The number of aliphatic hydroxyl groups excluding tert-OH is 1. The molecular weight excluding hydrogens is 290 g/mol. The quantitative estimate of drug-likeness (QED) is 0.824. The Kier molecular flexibility index (Phi) is 5.90. The SMILES string of the molecule is CCN(Cc1ccc(C(=O)O)cc1)CC(O)c1ccc(C)cc1. The van der Waals surface area contributed by atoms with Crippen LogP contribution in [0.1, 0.15) is 40.1 Å². The van der Waals surface area contributed by atoms with E-state index in [1.54, 1.807) is 12.1 Å². The summed E-state index contributed by atoms with van der Waals surface area (Å²) in [7, 11) is 0. The maximum Gasteiger partial charge on any atom is 0.335 e. The molecule has 0 saturated carbocycles. The molecule has 0 aliphatic carbocycles. The summed E-state index contributed by atoms with van der Waals surface area (Å²) in [6.45, 7) is 6.10. The van der Waals surface area contributed by atoms with Crippen molar-refractivity contribution >= 4 is 5.97 Å². The standard InChI is InChI=1S/C19H23NO3/c1-3-20(12-15-6-10-17(11-7-15)19(22)23)13-18(21)16-8-4-14(2)5-9-16/h4-11,18,21H,3,12-13H2,1-2H3,(H,22,23). The molecule has 0 aliphatic rings. The van der Waals surface area contributed by atoms with E-state index in [1.807, 2.05) is 50.2 Å². The van der Waals surface area contributed by atoms with Crippen LogP contribution in [0.4, 0.5) is 0 Å². The van der Waals surface area contributed by atoms with E-state index in [-0.39, 0.29) is 5.56 Å². The predicted octanol–water partition coefficient (Wildman–Crippen LogP) is 3.25. The minimum Gasteiger partial charge on any atom is -0.478 e. The summed E-state index contributed by atoms with van der Waals surface area (Å²) in [5.74, 6) is -0.918. The van der Waals surface area contributed by atoms with Gasteiger partial charge in [0.25, 0.3) is 0 Å². The molecule has 122 valence electrons. The third kappa shape index (κ3) is 4.91. The summed E-state index contributed by atoms with van der Waals surface area (Å²) in [5.41, 5.74) is 3.41. The van der Waals surface area contributed by atoms with Crippen molar-refractivity contribution in [3.8, 4) is 0 Å². The zero-order valence-electron chi connectivity index (χ0n) is 13.6. The van der Waals surface area contributed by atoms with E-state index in [0.29, 0.717) is 13.1 Å². The van der Waals surface area contributed by atoms with Crippen molar-refractivity contribution in [2.24, 2.45) is 0 Å². The molecule has 0 spiro atoms. The van der Waals surface area contributed by atoms with Gasteiger partial charge < -0.3 is 10.2 Å². The van der Waals surface area contributed by atoms with Gasteiger partial charge in [0.2, 0.25) is 0 Å². The Labute approximate surface area is 137 Å². The number of carboxylic acids is 1. The van der Waals surface area contributed by atoms with Gasteiger partial charge >= 0.3 is 5.97 Å². The van der Waals surface area contributed by atoms with E-state index in [9.17, 15) is 9.90 Å². The number of hydrogen-bond acceptors (Lipinski definition) is 3. The van der Waals surface area contributed by atoms with Crippen LogP contribution in [-0.4, -0.2) is 34.2 Å². The lowest BCUT2D eigenvalue weighted by Gasteiger charge is -2.24. The van der Waals surface area contributed by atoms with Gasteiger partial charge in [-0.05, 0) is 36.7 Å². The molecule has 4 heteroatoms. The molecule has 0 radical (unpaired) electrons. The molecule has 0 saturated heterocycles. The molecule has 4 nitrogen and oxygen atoms in total. The van der Waals surface area contributed by atoms with Gasteiger partial charge in [-0.1, -0.05) is 48.9 Å². The Hall–Kier alpha value is -2.17. The highest BCUT2D eigenvalue weighted by Crippen LogP contribution is 2.16. The number of aryl methyl sites for hydroxylation is 1. The van der Waals surface area contributed by atoms with E-state index < -0.39 is 12.1 Å².